The summed E-state index contributed by atoms with van der Waals surface area (Å²) >= 11 is 0. The van der Waals surface area contributed by atoms with Crippen molar-refractivity contribution in [3.8, 4) is 0 Å². The van der Waals surface area contributed by atoms with Gasteiger partial charge in [-0.1, -0.05) is 13.8 Å². The molecule has 1 unspecified atom stereocenters. The van der Waals surface area contributed by atoms with Crippen LogP contribution in [0.1, 0.15) is 20.3 Å². The number of nitrogens with zero attached hydrogens (tertiary/aromatic N) is 2. The van der Waals surface area contributed by atoms with Crippen molar-refractivity contribution >= 4 is 5.90 Å². The third kappa shape index (κ3) is 1.23. The standard InChI is InChI=1S/C7H14N2O/c1-5(2)6-4-7(10)8-9(6)3/h5-6H,4H2,1-3H3,(H,8,10). The molecule has 0 aromatic heterocycles. The van der Waals surface area contributed by atoms with Crippen LogP contribution in [-0.4, -0.2) is 29.1 Å². The molecule has 1 heterocycles. The Balaban J connectivity index is 2.55. The van der Waals surface area contributed by atoms with Crippen molar-refractivity contribution in [3.05, 3.63) is 0 Å². The highest BCUT2D eigenvalue weighted by atomic mass is 16.3. The Labute approximate surface area is 61.3 Å². The van der Waals surface area contributed by atoms with E-state index in [1.165, 1.54) is 0 Å². The Morgan fingerprint density at radius 1 is 1.70 bits per heavy atom. The average Bonchev–Trinajstić information content (AvgIpc) is 2.10. The Kier molecular flexibility index (Phi) is 1.83. The molecule has 1 aliphatic rings. The molecule has 0 aliphatic carbocycles. The van der Waals surface area contributed by atoms with Crippen LogP contribution in [0.4, 0.5) is 0 Å². The van der Waals surface area contributed by atoms with Crippen molar-refractivity contribution < 1.29 is 5.11 Å². The highest BCUT2D eigenvalue weighted by molar-refractivity contribution is 5.75. The molecule has 0 saturated carbocycles. The number of rotatable bonds is 1. The minimum Gasteiger partial charge on any atom is -0.495 e. The number of aliphatic hydroxyl groups is 1. The number of hydrogen-bond acceptors (Lipinski definition) is 2. The van der Waals surface area contributed by atoms with Gasteiger partial charge < -0.3 is 5.11 Å². The van der Waals surface area contributed by atoms with E-state index in [2.05, 4.69) is 18.9 Å². The van der Waals surface area contributed by atoms with E-state index in [9.17, 15) is 0 Å². The van der Waals surface area contributed by atoms with Gasteiger partial charge in [0.05, 0.1) is 6.04 Å². The van der Waals surface area contributed by atoms with E-state index < -0.39 is 0 Å². The minimum atomic E-state index is 0.265. The molecule has 3 nitrogen and oxygen atoms in total. The highest BCUT2D eigenvalue weighted by Crippen LogP contribution is 2.18. The Hall–Kier alpha value is -0.730. The highest BCUT2D eigenvalue weighted by Gasteiger charge is 2.25. The van der Waals surface area contributed by atoms with Crippen LogP contribution in [0.15, 0.2) is 5.10 Å². The molecule has 0 spiro atoms. The van der Waals surface area contributed by atoms with Crippen LogP contribution in [0.25, 0.3) is 0 Å². The van der Waals surface area contributed by atoms with E-state index >= 15 is 0 Å². The maximum Gasteiger partial charge on any atom is 0.205 e. The summed E-state index contributed by atoms with van der Waals surface area (Å²) in [5.74, 6) is 0.819. The summed E-state index contributed by atoms with van der Waals surface area (Å²) in [6.45, 7) is 4.27. The van der Waals surface area contributed by atoms with Crippen molar-refractivity contribution in [3.63, 3.8) is 0 Å². The van der Waals surface area contributed by atoms with Gasteiger partial charge in [-0.05, 0) is 5.92 Å². The number of hydrazone groups is 1. The fourth-order valence-electron chi connectivity index (χ4n) is 1.28. The van der Waals surface area contributed by atoms with Crippen molar-refractivity contribution in [2.75, 3.05) is 7.05 Å². The molecular weight excluding hydrogens is 128 g/mol. The lowest BCUT2D eigenvalue weighted by Crippen LogP contribution is -2.27. The molecule has 1 N–H and O–H groups in total. The fourth-order valence-corrected chi connectivity index (χ4v) is 1.28. The van der Waals surface area contributed by atoms with E-state index in [0.717, 1.165) is 0 Å². The van der Waals surface area contributed by atoms with Crippen LogP contribution < -0.4 is 0 Å². The first-order valence-corrected chi connectivity index (χ1v) is 3.60. The zero-order valence-corrected chi connectivity index (χ0v) is 6.70. The van der Waals surface area contributed by atoms with Gasteiger partial charge in [-0.15, -0.1) is 5.10 Å². The van der Waals surface area contributed by atoms with Crippen LogP contribution in [0.3, 0.4) is 0 Å². The quantitative estimate of drug-likeness (QED) is 0.597. The molecule has 10 heavy (non-hydrogen) atoms. The Bertz CT molecular complexity index is 154. The minimum absolute atomic E-state index is 0.265. The van der Waals surface area contributed by atoms with Gasteiger partial charge in [0, 0.05) is 13.5 Å². The van der Waals surface area contributed by atoms with Gasteiger partial charge >= 0.3 is 0 Å². The molecule has 0 saturated heterocycles. The van der Waals surface area contributed by atoms with E-state index in [-0.39, 0.29) is 5.90 Å². The summed E-state index contributed by atoms with van der Waals surface area (Å²) < 4.78 is 0. The smallest absolute Gasteiger partial charge is 0.205 e. The molecule has 1 rings (SSSR count). The molecule has 1 aliphatic heterocycles. The van der Waals surface area contributed by atoms with Crippen molar-refractivity contribution in [1.29, 1.82) is 0 Å². The molecule has 0 bridgehead atoms. The molecule has 0 aromatic carbocycles. The first kappa shape index (κ1) is 7.38. The second kappa shape index (κ2) is 2.48. The van der Waals surface area contributed by atoms with Gasteiger partial charge in [0.15, 0.2) is 0 Å². The average molecular weight is 142 g/mol. The molecular formula is C7H14N2O. The first-order valence-electron chi connectivity index (χ1n) is 3.60. The second-order valence-corrected chi connectivity index (χ2v) is 3.11. The van der Waals surface area contributed by atoms with Crippen LogP contribution in [0.2, 0.25) is 0 Å². The molecule has 0 radical (unpaired) electrons. The van der Waals surface area contributed by atoms with Crippen molar-refractivity contribution in [1.82, 2.24) is 5.01 Å². The summed E-state index contributed by atoms with van der Waals surface area (Å²) in [6.07, 6.45) is 0.703. The number of aliphatic hydroxyl groups excluding tert-OH is 1. The lowest BCUT2D eigenvalue weighted by atomic mass is 10.0. The molecule has 58 valence electrons. The van der Waals surface area contributed by atoms with E-state index in [4.69, 9.17) is 5.11 Å². The Morgan fingerprint density at radius 2 is 2.30 bits per heavy atom. The zero-order valence-electron chi connectivity index (χ0n) is 6.70. The summed E-state index contributed by atoms with van der Waals surface area (Å²) in [5.41, 5.74) is 0. The predicted molar refractivity (Wildman–Crippen MR) is 41.1 cm³/mol. The monoisotopic (exact) mass is 142 g/mol. The summed E-state index contributed by atoms with van der Waals surface area (Å²) in [4.78, 5) is 0. The van der Waals surface area contributed by atoms with E-state index in [1.54, 1.807) is 0 Å². The molecule has 3 heteroatoms. The van der Waals surface area contributed by atoms with Gasteiger partial charge in [0.25, 0.3) is 0 Å². The lowest BCUT2D eigenvalue weighted by Gasteiger charge is -2.21. The van der Waals surface area contributed by atoms with Crippen molar-refractivity contribution in [2.45, 2.75) is 26.3 Å². The zero-order chi connectivity index (χ0) is 7.72. The third-order valence-electron chi connectivity index (χ3n) is 1.91. The topological polar surface area (TPSA) is 35.8 Å². The third-order valence-corrected chi connectivity index (χ3v) is 1.91. The summed E-state index contributed by atoms with van der Waals surface area (Å²) in [7, 11) is 1.90. The fraction of sp³-hybridized carbons (Fsp3) is 0.857. The summed E-state index contributed by atoms with van der Waals surface area (Å²) in [5, 5.41) is 14.8. The van der Waals surface area contributed by atoms with Gasteiger partial charge in [0.2, 0.25) is 5.90 Å². The predicted octanol–water partition coefficient (Wildman–Crippen LogP) is 1.22. The summed E-state index contributed by atoms with van der Waals surface area (Å²) in [6, 6.07) is 0.389. The molecule has 0 fully saturated rings. The van der Waals surface area contributed by atoms with Gasteiger partial charge in [-0.2, -0.15) is 0 Å². The molecule has 1 atom stereocenters. The van der Waals surface area contributed by atoms with Gasteiger partial charge in [-0.3, -0.25) is 5.01 Å². The lowest BCUT2D eigenvalue weighted by molar-refractivity contribution is 0.228. The Morgan fingerprint density at radius 3 is 2.50 bits per heavy atom. The SMILES string of the molecule is CC(C)C1CC(O)=NN1C. The second-order valence-electron chi connectivity index (χ2n) is 3.11. The van der Waals surface area contributed by atoms with Gasteiger partial charge in [-0.25, -0.2) is 0 Å². The van der Waals surface area contributed by atoms with E-state index in [0.29, 0.717) is 18.4 Å². The first-order chi connectivity index (χ1) is 4.61. The van der Waals surface area contributed by atoms with Crippen molar-refractivity contribution in [2.24, 2.45) is 11.0 Å². The van der Waals surface area contributed by atoms with E-state index in [1.807, 2.05) is 12.1 Å². The van der Waals surface area contributed by atoms with Crippen LogP contribution in [0.5, 0.6) is 0 Å². The molecule has 0 aromatic rings. The van der Waals surface area contributed by atoms with Crippen LogP contribution in [0, 0.1) is 5.92 Å². The van der Waals surface area contributed by atoms with Crippen LogP contribution in [-0.2, 0) is 0 Å². The largest absolute Gasteiger partial charge is 0.495 e. The van der Waals surface area contributed by atoms with Crippen LogP contribution >= 0.6 is 0 Å². The normalized spacial score (nSPS) is 25.8. The molecule has 0 amide bonds. The van der Waals surface area contributed by atoms with Gasteiger partial charge in [0.1, 0.15) is 0 Å². The maximum absolute atomic E-state index is 9.03. The number of hydrogen-bond donors (Lipinski definition) is 1. The maximum atomic E-state index is 9.03.